The van der Waals surface area contributed by atoms with Crippen molar-refractivity contribution in [1.82, 2.24) is 28.8 Å². The number of halogens is 4. The smallest absolute Gasteiger partial charge is 0.351 e. The molecule has 1 fully saturated rings. The molecular weight excluding hydrogens is 495 g/mol. The second-order valence-corrected chi connectivity index (χ2v) is 10.3. The molecule has 0 spiro atoms. The molecule has 4 rings (SSSR count). The second kappa shape index (κ2) is 9.12. The van der Waals surface area contributed by atoms with Gasteiger partial charge in [0.05, 0.1) is 22.7 Å². The van der Waals surface area contributed by atoms with E-state index in [9.17, 15) is 21.6 Å². The van der Waals surface area contributed by atoms with Gasteiger partial charge in [-0.1, -0.05) is 11.6 Å². The lowest BCUT2D eigenvalue weighted by Gasteiger charge is -2.30. The number of nitrogens with one attached hydrogen (secondary N) is 1. The van der Waals surface area contributed by atoms with Crippen molar-refractivity contribution in [2.75, 3.05) is 24.7 Å². The first-order valence-electron chi connectivity index (χ1n) is 10.2. The number of piperidine rings is 1. The monoisotopic (exact) mass is 515 g/mol. The van der Waals surface area contributed by atoms with Crippen LogP contribution >= 0.6 is 11.6 Å². The van der Waals surface area contributed by atoms with Crippen LogP contribution in [0.25, 0.3) is 17.1 Å². The Morgan fingerprint density at radius 2 is 1.88 bits per heavy atom. The zero-order chi connectivity index (χ0) is 24.7. The SMILES string of the molecule is Cc1nccc(-n2cnc(-c3nc(NC4CCN(S(C)(=O)=O)CC4)ncc3C(F)(F)F)c2)c1Cl. The number of aryl methyl sites for hydroxylation is 1. The number of nitrogens with zero attached hydrogens (tertiary/aromatic N) is 6. The summed E-state index contributed by atoms with van der Waals surface area (Å²) in [6.07, 6.45) is 2.43. The topological polar surface area (TPSA) is 106 Å². The van der Waals surface area contributed by atoms with Crippen molar-refractivity contribution < 1.29 is 21.6 Å². The number of hydrogen-bond donors (Lipinski definition) is 1. The van der Waals surface area contributed by atoms with Gasteiger partial charge in [-0.05, 0) is 25.8 Å². The quantitative estimate of drug-likeness (QED) is 0.554. The summed E-state index contributed by atoms with van der Waals surface area (Å²) in [6, 6.07) is 1.44. The number of imidazole rings is 1. The predicted molar refractivity (Wildman–Crippen MR) is 120 cm³/mol. The summed E-state index contributed by atoms with van der Waals surface area (Å²) < 4.78 is 67.3. The summed E-state index contributed by atoms with van der Waals surface area (Å²) in [7, 11) is -3.29. The van der Waals surface area contributed by atoms with E-state index in [-0.39, 0.29) is 23.4 Å². The van der Waals surface area contributed by atoms with E-state index in [1.807, 2.05) is 0 Å². The molecule has 1 N–H and O–H groups in total. The molecule has 9 nitrogen and oxygen atoms in total. The van der Waals surface area contributed by atoms with Crippen LogP contribution in [-0.4, -0.2) is 62.6 Å². The number of alkyl halides is 3. The molecule has 0 radical (unpaired) electrons. The summed E-state index contributed by atoms with van der Waals surface area (Å²) in [5.41, 5.74) is -0.311. The van der Waals surface area contributed by atoms with Crippen molar-refractivity contribution in [2.24, 2.45) is 0 Å². The van der Waals surface area contributed by atoms with Crippen LogP contribution in [0, 0.1) is 6.92 Å². The molecule has 0 aromatic carbocycles. The van der Waals surface area contributed by atoms with E-state index < -0.39 is 21.8 Å². The van der Waals surface area contributed by atoms with Gasteiger partial charge in [-0.2, -0.15) is 13.2 Å². The Morgan fingerprint density at radius 3 is 2.53 bits per heavy atom. The standard InChI is InChI=1S/C20H21ClF3N7O2S/c1-12-17(21)16(3-6-25-12)30-10-15(27-11-30)18-14(20(22,23)24)9-26-19(29-18)28-13-4-7-31(8-5-13)34(2,32)33/h3,6,9-11,13H,4-5,7-8H2,1-2H3,(H,26,28,29). The number of hydrogen-bond acceptors (Lipinski definition) is 7. The van der Waals surface area contributed by atoms with Crippen LogP contribution in [0.5, 0.6) is 0 Å². The third kappa shape index (κ3) is 5.15. The highest BCUT2D eigenvalue weighted by atomic mass is 35.5. The molecule has 0 amide bonds. The van der Waals surface area contributed by atoms with Gasteiger partial charge in [-0.15, -0.1) is 0 Å². The fourth-order valence-electron chi connectivity index (χ4n) is 3.68. The van der Waals surface area contributed by atoms with E-state index in [1.165, 1.54) is 21.4 Å². The van der Waals surface area contributed by atoms with Gasteiger partial charge in [0, 0.05) is 37.7 Å². The van der Waals surface area contributed by atoms with E-state index in [0.29, 0.717) is 42.3 Å². The zero-order valence-corrected chi connectivity index (χ0v) is 19.8. The molecule has 0 unspecified atom stereocenters. The van der Waals surface area contributed by atoms with Crippen LogP contribution in [0.4, 0.5) is 19.1 Å². The van der Waals surface area contributed by atoms with Crippen molar-refractivity contribution in [3.8, 4) is 17.1 Å². The molecule has 1 saturated heterocycles. The van der Waals surface area contributed by atoms with Crippen LogP contribution in [0.15, 0.2) is 31.0 Å². The minimum absolute atomic E-state index is 0.00444. The third-order valence-corrected chi connectivity index (χ3v) is 7.27. The Morgan fingerprint density at radius 1 is 1.18 bits per heavy atom. The van der Waals surface area contributed by atoms with E-state index in [4.69, 9.17) is 11.6 Å². The number of anilines is 1. The molecule has 0 atom stereocenters. The van der Waals surface area contributed by atoms with Crippen molar-refractivity contribution in [3.05, 3.63) is 47.3 Å². The van der Waals surface area contributed by atoms with E-state index in [2.05, 4.69) is 25.3 Å². The lowest BCUT2D eigenvalue weighted by atomic mass is 10.1. The van der Waals surface area contributed by atoms with Crippen LogP contribution in [0.3, 0.4) is 0 Å². The van der Waals surface area contributed by atoms with Crippen LogP contribution in [0.2, 0.25) is 5.02 Å². The minimum Gasteiger partial charge on any atom is -0.351 e. The highest BCUT2D eigenvalue weighted by Gasteiger charge is 2.36. The molecule has 14 heteroatoms. The molecule has 0 saturated carbocycles. The zero-order valence-electron chi connectivity index (χ0n) is 18.2. The molecular formula is C20H21ClF3N7O2S. The van der Waals surface area contributed by atoms with Gasteiger partial charge < -0.3 is 9.88 Å². The number of sulfonamides is 1. The van der Waals surface area contributed by atoms with Crippen LogP contribution < -0.4 is 5.32 Å². The van der Waals surface area contributed by atoms with Gasteiger partial charge in [0.2, 0.25) is 16.0 Å². The summed E-state index contributed by atoms with van der Waals surface area (Å²) >= 11 is 6.29. The van der Waals surface area contributed by atoms with Gasteiger partial charge >= 0.3 is 6.18 Å². The molecule has 1 aliphatic heterocycles. The van der Waals surface area contributed by atoms with Gasteiger partial charge in [-0.25, -0.2) is 27.7 Å². The lowest BCUT2D eigenvalue weighted by molar-refractivity contribution is -0.137. The van der Waals surface area contributed by atoms with Gasteiger partial charge in [0.15, 0.2) is 0 Å². The fourth-order valence-corrected chi connectivity index (χ4v) is 4.76. The number of aromatic nitrogens is 5. The maximum Gasteiger partial charge on any atom is 0.420 e. The van der Waals surface area contributed by atoms with Gasteiger partial charge in [0.25, 0.3) is 0 Å². The van der Waals surface area contributed by atoms with Gasteiger partial charge in [-0.3, -0.25) is 4.98 Å². The molecule has 3 aromatic rings. The Balaban J connectivity index is 1.63. The average molecular weight is 516 g/mol. The first kappa shape index (κ1) is 24.4. The first-order valence-corrected chi connectivity index (χ1v) is 12.5. The fraction of sp³-hybridized carbons (Fsp3) is 0.400. The lowest BCUT2D eigenvalue weighted by Crippen LogP contribution is -2.42. The molecule has 1 aliphatic rings. The maximum atomic E-state index is 13.7. The number of pyridine rings is 1. The highest BCUT2D eigenvalue weighted by molar-refractivity contribution is 7.88. The summed E-state index contributed by atoms with van der Waals surface area (Å²) in [4.78, 5) is 16.2. The third-order valence-electron chi connectivity index (χ3n) is 5.50. The Labute approximate surface area is 199 Å². The van der Waals surface area contributed by atoms with E-state index in [1.54, 1.807) is 19.2 Å². The Bertz CT molecular complexity index is 1310. The van der Waals surface area contributed by atoms with Crippen molar-refractivity contribution >= 4 is 27.6 Å². The Kier molecular flexibility index (Phi) is 6.53. The maximum absolute atomic E-state index is 13.7. The minimum atomic E-state index is -4.69. The molecule has 182 valence electrons. The highest BCUT2D eigenvalue weighted by Crippen LogP contribution is 2.36. The van der Waals surface area contributed by atoms with E-state index >= 15 is 0 Å². The molecule has 34 heavy (non-hydrogen) atoms. The van der Waals surface area contributed by atoms with Crippen LogP contribution in [-0.2, 0) is 16.2 Å². The van der Waals surface area contributed by atoms with Gasteiger partial charge in [0.1, 0.15) is 23.3 Å². The first-order chi connectivity index (χ1) is 15.9. The Hall–Kier alpha value is -2.77. The molecule has 0 aliphatic carbocycles. The molecule has 4 heterocycles. The largest absolute Gasteiger partial charge is 0.420 e. The summed E-state index contributed by atoms with van der Waals surface area (Å²) in [6.45, 7) is 2.33. The van der Waals surface area contributed by atoms with E-state index in [0.717, 1.165) is 12.5 Å². The number of rotatable bonds is 5. The van der Waals surface area contributed by atoms with Crippen molar-refractivity contribution in [1.29, 1.82) is 0 Å². The normalized spacial score (nSPS) is 16.1. The predicted octanol–water partition coefficient (Wildman–Crippen LogP) is 3.54. The molecule has 0 bridgehead atoms. The van der Waals surface area contributed by atoms with Crippen LogP contribution in [0.1, 0.15) is 24.1 Å². The summed E-state index contributed by atoms with van der Waals surface area (Å²) in [5.74, 6) is 0.00754. The summed E-state index contributed by atoms with van der Waals surface area (Å²) in [5, 5.41) is 3.38. The average Bonchev–Trinajstić information content (AvgIpc) is 3.24. The van der Waals surface area contributed by atoms with Crippen molar-refractivity contribution in [3.63, 3.8) is 0 Å². The molecule has 3 aromatic heterocycles. The van der Waals surface area contributed by atoms with Crippen molar-refractivity contribution in [2.45, 2.75) is 32.0 Å². The second-order valence-electron chi connectivity index (χ2n) is 7.93.